The van der Waals surface area contributed by atoms with E-state index in [0.29, 0.717) is 17.8 Å². The fourth-order valence-corrected chi connectivity index (χ4v) is 2.66. The smallest absolute Gasteiger partial charge is 0.319 e. The number of hydrogen-bond acceptors (Lipinski definition) is 3. The van der Waals surface area contributed by atoms with Gasteiger partial charge in [0.15, 0.2) is 0 Å². The van der Waals surface area contributed by atoms with Crippen LogP contribution in [-0.4, -0.2) is 38.1 Å². The highest BCUT2D eigenvalue weighted by Crippen LogP contribution is 2.12. The van der Waals surface area contributed by atoms with Gasteiger partial charge in [0.2, 0.25) is 0 Å². The van der Waals surface area contributed by atoms with Crippen LogP contribution in [0.3, 0.4) is 0 Å². The van der Waals surface area contributed by atoms with Gasteiger partial charge in [0.05, 0.1) is 11.6 Å². The van der Waals surface area contributed by atoms with E-state index in [1.54, 1.807) is 13.8 Å². The molecule has 3 N–H and O–H groups in total. The SMILES string of the molecule is CC1=C(C(=O)NCCCN(C)c2ccccc2)[C@@H](C)NC(=O)N1. The molecule has 23 heavy (non-hydrogen) atoms. The zero-order valence-electron chi connectivity index (χ0n) is 13.8. The third-order valence-corrected chi connectivity index (χ3v) is 3.88. The number of amides is 3. The maximum atomic E-state index is 12.3. The van der Waals surface area contributed by atoms with Crippen LogP contribution < -0.4 is 20.9 Å². The molecular formula is C17H24N4O2. The Kier molecular flexibility index (Phi) is 5.62. The summed E-state index contributed by atoms with van der Waals surface area (Å²) < 4.78 is 0. The topological polar surface area (TPSA) is 73.5 Å². The molecule has 1 aliphatic heterocycles. The minimum atomic E-state index is -0.282. The van der Waals surface area contributed by atoms with E-state index in [-0.39, 0.29) is 18.0 Å². The number of carbonyl (C=O) groups is 2. The van der Waals surface area contributed by atoms with Gasteiger partial charge in [-0.1, -0.05) is 18.2 Å². The quantitative estimate of drug-likeness (QED) is 0.698. The monoisotopic (exact) mass is 316 g/mol. The van der Waals surface area contributed by atoms with Gasteiger partial charge in [0.25, 0.3) is 5.91 Å². The fraction of sp³-hybridized carbons (Fsp3) is 0.412. The number of rotatable bonds is 6. The van der Waals surface area contributed by atoms with E-state index in [0.717, 1.165) is 18.7 Å². The van der Waals surface area contributed by atoms with Crippen LogP contribution in [0.2, 0.25) is 0 Å². The van der Waals surface area contributed by atoms with Crippen LogP contribution in [0.4, 0.5) is 10.5 Å². The molecular weight excluding hydrogens is 292 g/mol. The number of allylic oxidation sites excluding steroid dienone is 1. The zero-order valence-corrected chi connectivity index (χ0v) is 13.8. The number of benzene rings is 1. The maximum Gasteiger partial charge on any atom is 0.319 e. The highest BCUT2D eigenvalue weighted by molar-refractivity contribution is 5.98. The molecule has 0 aliphatic carbocycles. The molecule has 1 aliphatic rings. The highest BCUT2D eigenvalue weighted by Gasteiger charge is 2.26. The van der Waals surface area contributed by atoms with Crippen molar-refractivity contribution in [3.8, 4) is 0 Å². The van der Waals surface area contributed by atoms with Gasteiger partial charge in [-0.2, -0.15) is 0 Å². The summed E-state index contributed by atoms with van der Waals surface area (Å²) in [5, 5.41) is 8.25. The van der Waals surface area contributed by atoms with Crippen LogP contribution in [0.5, 0.6) is 0 Å². The number of nitrogens with zero attached hydrogens (tertiary/aromatic N) is 1. The molecule has 0 saturated heterocycles. The van der Waals surface area contributed by atoms with Crippen molar-refractivity contribution >= 4 is 17.6 Å². The molecule has 0 unspecified atom stereocenters. The second kappa shape index (κ2) is 7.67. The summed E-state index contributed by atoms with van der Waals surface area (Å²) in [6.45, 7) is 4.99. The predicted octanol–water partition coefficient (Wildman–Crippen LogP) is 1.60. The van der Waals surface area contributed by atoms with E-state index >= 15 is 0 Å². The fourth-order valence-electron chi connectivity index (χ4n) is 2.66. The first-order valence-corrected chi connectivity index (χ1v) is 7.81. The Morgan fingerprint density at radius 3 is 2.65 bits per heavy atom. The number of para-hydroxylation sites is 1. The van der Waals surface area contributed by atoms with Gasteiger partial charge >= 0.3 is 6.03 Å². The van der Waals surface area contributed by atoms with E-state index in [9.17, 15) is 9.59 Å². The molecule has 6 nitrogen and oxygen atoms in total. The average molecular weight is 316 g/mol. The van der Waals surface area contributed by atoms with Crippen molar-refractivity contribution in [2.75, 3.05) is 25.0 Å². The van der Waals surface area contributed by atoms with Gasteiger partial charge < -0.3 is 20.9 Å². The Balaban J connectivity index is 1.79. The van der Waals surface area contributed by atoms with Crippen LogP contribution in [0.25, 0.3) is 0 Å². The van der Waals surface area contributed by atoms with Gasteiger partial charge in [-0.05, 0) is 32.4 Å². The molecule has 0 bridgehead atoms. The second-order valence-electron chi connectivity index (χ2n) is 5.73. The van der Waals surface area contributed by atoms with Crippen molar-refractivity contribution in [3.63, 3.8) is 0 Å². The van der Waals surface area contributed by atoms with E-state index in [2.05, 4.69) is 33.0 Å². The number of hydrogen-bond donors (Lipinski definition) is 3. The molecule has 1 aromatic rings. The summed E-state index contributed by atoms with van der Waals surface area (Å²) in [6, 6.07) is 9.58. The molecule has 6 heteroatoms. The lowest BCUT2D eigenvalue weighted by molar-refractivity contribution is -0.117. The summed E-state index contributed by atoms with van der Waals surface area (Å²) in [4.78, 5) is 25.7. The molecule has 0 aromatic heterocycles. The van der Waals surface area contributed by atoms with Crippen molar-refractivity contribution in [2.45, 2.75) is 26.3 Å². The van der Waals surface area contributed by atoms with Gasteiger partial charge in [-0.25, -0.2) is 4.79 Å². The summed E-state index contributed by atoms with van der Waals surface area (Å²) in [7, 11) is 2.03. The normalized spacial score (nSPS) is 17.3. The Morgan fingerprint density at radius 2 is 2.00 bits per heavy atom. The lowest BCUT2D eigenvalue weighted by atomic mass is 10.0. The number of urea groups is 1. The van der Waals surface area contributed by atoms with Crippen LogP contribution in [0, 0.1) is 0 Å². The van der Waals surface area contributed by atoms with Crippen LogP contribution in [-0.2, 0) is 4.79 Å². The molecule has 1 heterocycles. The van der Waals surface area contributed by atoms with Crippen LogP contribution in [0.15, 0.2) is 41.6 Å². The van der Waals surface area contributed by atoms with E-state index in [1.165, 1.54) is 0 Å². The highest BCUT2D eigenvalue weighted by atomic mass is 16.2. The molecule has 0 fully saturated rings. The van der Waals surface area contributed by atoms with Crippen molar-refractivity contribution < 1.29 is 9.59 Å². The Morgan fingerprint density at radius 1 is 1.30 bits per heavy atom. The number of anilines is 1. The molecule has 1 atom stereocenters. The van der Waals surface area contributed by atoms with Crippen molar-refractivity contribution in [1.82, 2.24) is 16.0 Å². The van der Waals surface area contributed by atoms with Crippen molar-refractivity contribution in [3.05, 3.63) is 41.6 Å². The number of carbonyl (C=O) groups excluding carboxylic acids is 2. The molecule has 1 aromatic carbocycles. The first kappa shape index (κ1) is 16.9. The van der Waals surface area contributed by atoms with Crippen molar-refractivity contribution in [1.29, 1.82) is 0 Å². The Labute approximate surface area is 136 Å². The standard InChI is InChI=1S/C17H24N4O2/c1-12-15(13(2)20-17(23)19-12)16(22)18-10-7-11-21(3)14-8-5-4-6-9-14/h4-6,8-9,12H,7,10-11H2,1-3H3,(H,18,22)(H2,19,20,23)/t12-/m1/s1. The van der Waals surface area contributed by atoms with Gasteiger partial charge in [0, 0.05) is 31.5 Å². The van der Waals surface area contributed by atoms with Gasteiger partial charge in [-0.15, -0.1) is 0 Å². The summed E-state index contributed by atoms with van der Waals surface area (Å²) in [5.41, 5.74) is 2.35. The van der Waals surface area contributed by atoms with Gasteiger partial charge in [0.1, 0.15) is 0 Å². The second-order valence-corrected chi connectivity index (χ2v) is 5.73. The maximum absolute atomic E-state index is 12.3. The van der Waals surface area contributed by atoms with Crippen LogP contribution >= 0.6 is 0 Å². The van der Waals surface area contributed by atoms with E-state index < -0.39 is 0 Å². The first-order chi connectivity index (χ1) is 11.0. The third-order valence-electron chi connectivity index (χ3n) is 3.88. The molecule has 0 saturated carbocycles. The third kappa shape index (κ3) is 4.48. The molecule has 124 valence electrons. The van der Waals surface area contributed by atoms with Crippen molar-refractivity contribution in [2.24, 2.45) is 0 Å². The van der Waals surface area contributed by atoms with Gasteiger partial charge in [-0.3, -0.25) is 4.79 Å². The molecule has 0 radical (unpaired) electrons. The average Bonchev–Trinajstić information content (AvgIpc) is 2.51. The predicted molar refractivity (Wildman–Crippen MR) is 91.2 cm³/mol. The molecule has 0 spiro atoms. The van der Waals surface area contributed by atoms with E-state index in [4.69, 9.17) is 0 Å². The van der Waals surface area contributed by atoms with Crippen LogP contribution in [0.1, 0.15) is 20.3 Å². The minimum Gasteiger partial charge on any atom is -0.375 e. The van der Waals surface area contributed by atoms with E-state index in [1.807, 2.05) is 25.2 Å². The summed E-state index contributed by atoms with van der Waals surface area (Å²) in [6.07, 6.45) is 0.845. The summed E-state index contributed by atoms with van der Waals surface area (Å²) in [5.74, 6) is -0.134. The largest absolute Gasteiger partial charge is 0.375 e. The number of nitrogens with one attached hydrogen (secondary N) is 3. The molecule has 2 rings (SSSR count). The summed E-state index contributed by atoms with van der Waals surface area (Å²) >= 11 is 0. The first-order valence-electron chi connectivity index (χ1n) is 7.81. The lowest BCUT2D eigenvalue weighted by Crippen LogP contribution is -2.50. The Hall–Kier alpha value is -2.50. The Bertz CT molecular complexity index is 598. The lowest BCUT2D eigenvalue weighted by Gasteiger charge is -2.25. The zero-order chi connectivity index (χ0) is 16.8. The minimum absolute atomic E-state index is 0.134. The molecule has 3 amide bonds.